The Hall–Kier alpha value is -1.15. The predicted octanol–water partition coefficient (Wildman–Crippen LogP) is 1.31. The Morgan fingerprint density at radius 3 is 2.95 bits per heavy atom. The van der Waals surface area contributed by atoms with Crippen molar-refractivity contribution in [1.82, 2.24) is 9.97 Å². The van der Waals surface area contributed by atoms with Gasteiger partial charge >= 0.3 is 5.97 Å². The van der Waals surface area contributed by atoms with E-state index in [1.54, 1.807) is 0 Å². The third-order valence-corrected chi connectivity index (χ3v) is 3.68. The summed E-state index contributed by atoms with van der Waals surface area (Å²) >= 11 is 11.3. The zero-order valence-electron chi connectivity index (χ0n) is 11.1. The fourth-order valence-corrected chi connectivity index (χ4v) is 2.39. The topological polar surface area (TPSA) is 108 Å². The average Bonchev–Trinajstić information content (AvgIpc) is 2.44. The molecule has 21 heavy (non-hydrogen) atoms. The number of nitrogens with two attached hydrogens (primary N) is 1. The van der Waals surface area contributed by atoms with E-state index in [1.165, 1.54) is 0 Å². The lowest BCUT2D eigenvalue weighted by Crippen LogP contribution is -2.32. The first-order valence-electron chi connectivity index (χ1n) is 6.40. The van der Waals surface area contributed by atoms with Gasteiger partial charge in [-0.3, -0.25) is 0 Å². The molecular weight excluding hydrogens is 321 g/mol. The number of aromatic nitrogens is 2. The monoisotopic (exact) mass is 335 g/mol. The fourth-order valence-electron chi connectivity index (χ4n) is 2.00. The number of rotatable bonds is 4. The minimum atomic E-state index is -0.732. The number of anilines is 1. The summed E-state index contributed by atoms with van der Waals surface area (Å²) in [6.45, 7) is 1.11. The Balaban J connectivity index is 1.90. The Morgan fingerprint density at radius 2 is 2.24 bits per heavy atom. The van der Waals surface area contributed by atoms with E-state index in [4.69, 9.17) is 38.4 Å². The van der Waals surface area contributed by atoms with Crippen LogP contribution in [0.15, 0.2) is 0 Å². The van der Waals surface area contributed by atoms with Crippen LogP contribution in [0.25, 0.3) is 0 Å². The van der Waals surface area contributed by atoms with Gasteiger partial charge in [0.15, 0.2) is 10.8 Å². The molecule has 0 radical (unpaired) electrons. The second kappa shape index (κ2) is 7.22. The van der Waals surface area contributed by atoms with E-state index in [-0.39, 0.29) is 34.3 Å². The molecule has 0 amide bonds. The van der Waals surface area contributed by atoms with Gasteiger partial charge in [-0.2, -0.15) is 0 Å². The lowest BCUT2D eigenvalue weighted by Gasteiger charge is -2.27. The van der Waals surface area contributed by atoms with Crippen molar-refractivity contribution < 1.29 is 19.4 Å². The van der Waals surface area contributed by atoms with Gasteiger partial charge in [-0.05, 0) is 24.4 Å². The molecule has 1 aromatic heterocycles. The van der Waals surface area contributed by atoms with Crippen LogP contribution in [-0.4, -0.2) is 47.0 Å². The Kier molecular flexibility index (Phi) is 5.58. The quantitative estimate of drug-likeness (QED) is 0.485. The fraction of sp³-hybridized carbons (Fsp3) is 0.583. The van der Waals surface area contributed by atoms with E-state index in [1.807, 2.05) is 0 Å². The molecule has 2 unspecified atom stereocenters. The van der Waals surface area contributed by atoms with Gasteiger partial charge < -0.3 is 20.3 Å². The Labute approximate surface area is 131 Å². The summed E-state index contributed by atoms with van der Waals surface area (Å²) in [4.78, 5) is 19.2. The molecule has 1 fully saturated rings. The number of hydrogen-bond acceptors (Lipinski definition) is 7. The molecule has 1 saturated heterocycles. The molecule has 1 aliphatic heterocycles. The number of aliphatic hydroxyl groups is 1. The Bertz CT molecular complexity index is 529. The second-order valence-electron chi connectivity index (χ2n) is 4.66. The number of carbonyl (C=O) groups is 1. The summed E-state index contributed by atoms with van der Waals surface area (Å²) in [5, 5.41) is 9.49. The predicted molar refractivity (Wildman–Crippen MR) is 76.3 cm³/mol. The van der Waals surface area contributed by atoms with Crippen LogP contribution in [0.1, 0.15) is 23.3 Å². The molecule has 3 N–H and O–H groups in total. The molecule has 2 heterocycles. The molecule has 7 nitrogen and oxygen atoms in total. The van der Waals surface area contributed by atoms with Crippen molar-refractivity contribution in [2.45, 2.75) is 18.9 Å². The third kappa shape index (κ3) is 4.16. The van der Waals surface area contributed by atoms with Crippen molar-refractivity contribution in [1.29, 1.82) is 0 Å². The average molecular weight is 336 g/mol. The Morgan fingerprint density at radius 1 is 1.48 bits per heavy atom. The highest BCUT2D eigenvalue weighted by atomic mass is 35.5. The van der Waals surface area contributed by atoms with Crippen molar-refractivity contribution >= 4 is 34.9 Å². The highest BCUT2D eigenvalue weighted by Crippen LogP contribution is 2.22. The normalized spacial score (nSPS) is 22.0. The smallest absolute Gasteiger partial charge is 0.359 e. The van der Waals surface area contributed by atoms with Crippen LogP contribution in [0.5, 0.6) is 0 Å². The molecule has 1 aliphatic rings. The molecule has 0 spiro atoms. The van der Waals surface area contributed by atoms with Crippen LogP contribution in [0.3, 0.4) is 0 Å². The van der Waals surface area contributed by atoms with E-state index >= 15 is 0 Å². The van der Waals surface area contributed by atoms with Crippen LogP contribution in [0.4, 0.5) is 5.69 Å². The van der Waals surface area contributed by atoms with E-state index in [0.717, 1.165) is 0 Å². The number of nitrogens with zero attached hydrogens (tertiary/aromatic N) is 2. The molecule has 9 heteroatoms. The molecule has 0 saturated carbocycles. The van der Waals surface area contributed by atoms with Gasteiger partial charge in [0, 0.05) is 12.5 Å². The van der Waals surface area contributed by atoms with Crippen molar-refractivity contribution in [3.05, 3.63) is 16.1 Å². The lowest BCUT2D eigenvalue weighted by molar-refractivity contribution is -0.0446. The highest BCUT2D eigenvalue weighted by Gasteiger charge is 2.24. The molecule has 0 aliphatic carbocycles. The highest BCUT2D eigenvalue weighted by molar-refractivity contribution is 6.34. The molecule has 1 aromatic rings. The number of ether oxygens (including phenoxy) is 2. The minimum Gasteiger partial charge on any atom is -0.461 e. The van der Waals surface area contributed by atoms with Gasteiger partial charge in [0.2, 0.25) is 5.28 Å². The summed E-state index contributed by atoms with van der Waals surface area (Å²) in [6.07, 6.45) is 0.632. The summed E-state index contributed by atoms with van der Waals surface area (Å²) in [5.74, 6) is -0.786. The van der Waals surface area contributed by atoms with Crippen molar-refractivity contribution in [2.24, 2.45) is 5.92 Å². The summed E-state index contributed by atoms with van der Waals surface area (Å²) < 4.78 is 10.3. The minimum absolute atomic E-state index is 0.0542. The molecule has 0 bridgehead atoms. The maximum absolute atomic E-state index is 11.9. The lowest BCUT2D eigenvalue weighted by atomic mass is 9.96. The van der Waals surface area contributed by atoms with Crippen molar-refractivity contribution in [3.8, 4) is 0 Å². The van der Waals surface area contributed by atoms with Crippen LogP contribution < -0.4 is 5.73 Å². The van der Waals surface area contributed by atoms with Gasteiger partial charge in [0.25, 0.3) is 0 Å². The molecule has 2 rings (SSSR count). The molecule has 2 atom stereocenters. The zero-order valence-corrected chi connectivity index (χ0v) is 12.6. The summed E-state index contributed by atoms with van der Waals surface area (Å²) in [7, 11) is 0. The SMILES string of the molecule is Nc1c(Cl)nc(Cl)nc1C(=O)OCCC1COCCC1O. The first kappa shape index (κ1) is 16.2. The number of esters is 1. The zero-order chi connectivity index (χ0) is 15.4. The van der Waals surface area contributed by atoms with Crippen LogP contribution >= 0.6 is 23.2 Å². The van der Waals surface area contributed by atoms with E-state index < -0.39 is 12.1 Å². The number of halogens is 2. The maximum atomic E-state index is 11.9. The van der Waals surface area contributed by atoms with Gasteiger partial charge in [-0.15, -0.1) is 0 Å². The van der Waals surface area contributed by atoms with Crippen LogP contribution in [0, 0.1) is 5.92 Å². The van der Waals surface area contributed by atoms with E-state index in [0.29, 0.717) is 26.1 Å². The van der Waals surface area contributed by atoms with Gasteiger partial charge in [-0.1, -0.05) is 11.6 Å². The van der Waals surface area contributed by atoms with Gasteiger partial charge in [0.1, 0.15) is 5.69 Å². The van der Waals surface area contributed by atoms with Gasteiger partial charge in [0.05, 0.1) is 19.3 Å². The maximum Gasteiger partial charge on any atom is 0.359 e. The third-order valence-electron chi connectivity index (χ3n) is 3.22. The van der Waals surface area contributed by atoms with E-state index in [9.17, 15) is 9.90 Å². The molecule has 116 valence electrons. The van der Waals surface area contributed by atoms with Crippen LogP contribution in [0.2, 0.25) is 10.4 Å². The second-order valence-corrected chi connectivity index (χ2v) is 5.36. The first-order valence-corrected chi connectivity index (χ1v) is 7.16. The van der Waals surface area contributed by atoms with Crippen molar-refractivity contribution in [2.75, 3.05) is 25.6 Å². The molecular formula is C12H15Cl2N3O4. The molecule has 0 aromatic carbocycles. The summed E-state index contributed by atoms with van der Waals surface area (Å²) in [5.41, 5.74) is 5.37. The van der Waals surface area contributed by atoms with Crippen molar-refractivity contribution in [3.63, 3.8) is 0 Å². The first-order chi connectivity index (χ1) is 9.99. The number of carbonyl (C=O) groups excluding carboxylic acids is 1. The van der Waals surface area contributed by atoms with Crippen LogP contribution in [-0.2, 0) is 9.47 Å². The number of nitrogen functional groups attached to an aromatic ring is 1. The largest absolute Gasteiger partial charge is 0.461 e. The van der Waals surface area contributed by atoms with Gasteiger partial charge in [-0.25, -0.2) is 14.8 Å². The van der Waals surface area contributed by atoms with E-state index in [2.05, 4.69) is 9.97 Å². The standard InChI is InChI=1S/C12H15Cl2N3O4/c13-10-8(15)9(16-12(14)17-10)11(19)21-4-1-6-5-20-3-2-7(6)18/h6-7,18H,1-5,15H2. The summed E-state index contributed by atoms with van der Waals surface area (Å²) in [6, 6.07) is 0. The number of aliphatic hydroxyl groups excluding tert-OH is 1. The number of hydrogen-bond donors (Lipinski definition) is 2.